The van der Waals surface area contributed by atoms with Crippen molar-refractivity contribution >= 4 is 18.3 Å². The molecule has 1 saturated heterocycles. The number of ether oxygens (including phenoxy) is 1. The lowest BCUT2D eigenvalue weighted by molar-refractivity contribution is -0.120. The molecule has 0 spiro atoms. The predicted octanol–water partition coefficient (Wildman–Crippen LogP) is 0.951. The standard InChI is InChI=1S/C12H22N2O2.ClH/c15-12(8-13-6-10-3-4-10)14-7-11-2-1-5-16-9-11;/h10-11,13H,1-9H2,(H,14,15);1H. The molecule has 1 aliphatic carbocycles. The molecule has 1 saturated carbocycles. The number of nitrogens with one attached hydrogen (secondary N) is 2. The lowest BCUT2D eigenvalue weighted by Gasteiger charge is -2.22. The lowest BCUT2D eigenvalue weighted by atomic mass is 10.0. The van der Waals surface area contributed by atoms with E-state index in [1.54, 1.807) is 0 Å². The van der Waals surface area contributed by atoms with Crippen LogP contribution in [0.3, 0.4) is 0 Å². The first-order valence-corrected chi connectivity index (χ1v) is 6.40. The van der Waals surface area contributed by atoms with E-state index < -0.39 is 0 Å². The molecule has 1 heterocycles. The fourth-order valence-corrected chi connectivity index (χ4v) is 2.00. The van der Waals surface area contributed by atoms with Gasteiger partial charge in [0, 0.05) is 13.2 Å². The van der Waals surface area contributed by atoms with Crippen molar-refractivity contribution in [2.75, 3.05) is 32.8 Å². The van der Waals surface area contributed by atoms with E-state index in [2.05, 4.69) is 10.6 Å². The number of halogens is 1. The van der Waals surface area contributed by atoms with Gasteiger partial charge in [0.1, 0.15) is 0 Å². The van der Waals surface area contributed by atoms with Crippen molar-refractivity contribution in [1.29, 1.82) is 0 Å². The van der Waals surface area contributed by atoms with Crippen LogP contribution in [0.5, 0.6) is 0 Å². The highest BCUT2D eigenvalue weighted by molar-refractivity contribution is 5.85. The van der Waals surface area contributed by atoms with Gasteiger partial charge < -0.3 is 15.4 Å². The number of amides is 1. The minimum absolute atomic E-state index is 0. The maximum absolute atomic E-state index is 11.5. The van der Waals surface area contributed by atoms with Gasteiger partial charge in [-0.2, -0.15) is 0 Å². The van der Waals surface area contributed by atoms with Crippen LogP contribution in [0.25, 0.3) is 0 Å². The topological polar surface area (TPSA) is 50.4 Å². The molecule has 0 bridgehead atoms. The second-order valence-electron chi connectivity index (χ2n) is 4.96. The van der Waals surface area contributed by atoms with E-state index in [0.717, 1.165) is 38.6 Å². The number of rotatable bonds is 6. The summed E-state index contributed by atoms with van der Waals surface area (Å²) < 4.78 is 5.37. The fraction of sp³-hybridized carbons (Fsp3) is 0.917. The molecule has 100 valence electrons. The van der Waals surface area contributed by atoms with Gasteiger partial charge >= 0.3 is 0 Å². The molecule has 1 unspecified atom stereocenters. The molecule has 2 aliphatic rings. The Labute approximate surface area is 109 Å². The summed E-state index contributed by atoms with van der Waals surface area (Å²) in [5, 5.41) is 6.16. The SMILES string of the molecule is Cl.O=C(CNCC1CC1)NCC1CCCOC1. The summed E-state index contributed by atoms with van der Waals surface area (Å²) in [4.78, 5) is 11.5. The summed E-state index contributed by atoms with van der Waals surface area (Å²) in [5.41, 5.74) is 0. The van der Waals surface area contributed by atoms with Gasteiger partial charge in [0.2, 0.25) is 5.91 Å². The Morgan fingerprint density at radius 3 is 2.65 bits per heavy atom. The van der Waals surface area contributed by atoms with Crippen LogP contribution in [-0.2, 0) is 9.53 Å². The molecule has 5 heteroatoms. The Morgan fingerprint density at radius 2 is 2.00 bits per heavy atom. The third kappa shape index (κ3) is 6.24. The van der Waals surface area contributed by atoms with Crippen molar-refractivity contribution in [3.05, 3.63) is 0 Å². The Hall–Kier alpha value is -0.320. The van der Waals surface area contributed by atoms with Crippen molar-refractivity contribution in [2.45, 2.75) is 25.7 Å². The number of hydrogen-bond donors (Lipinski definition) is 2. The molecule has 1 atom stereocenters. The van der Waals surface area contributed by atoms with Gasteiger partial charge in [-0.15, -0.1) is 12.4 Å². The van der Waals surface area contributed by atoms with Crippen LogP contribution in [-0.4, -0.2) is 38.8 Å². The highest BCUT2D eigenvalue weighted by Crippen LogP contribution is 2.27. The van der Waals surface area contributed by atoms with E-state index in [1.165, 1.54) is 19.3 Å². The van der Waals surface area contributed by atoms with Gasteiger partial charge in [-0.25, -0.2) is 0 Å². The van der Waals surface area contributed by atoms with Crippen LogP contribution < -0.4 is 10.6 Å². The van der Waals surface area contributed by atoms with Gasteiger partial charge in [-0.05, 0) is 44.1 Å². The minimum atomic E-state index is 0. The highest BCUT2D eigenvalue weighted by Gasteiger charge is 2.20. The second-order valence-corrected chi connectivity index (χ2v) is 4.96. The number of carbonyl (C=O) groups excluding carboxylic acids is 1. The molecule has 0 aromatic rings. The zero-order chi connectivity index (χ0) is 11.2. The average Bonchev–Trinajstić information content (AvgIpc) is 3.12. The second kappa shape index (κ2) is 7.90. The molecule has 4 nitrogen and oxygen atoms in total. The van der Waals surface area contributed by atoms with Crippen LogP contribution in [0.1, 0.15) is 25.7 Å². The third-order valence-corrected chi connectivity index (χ3v) is 3.26. The Morgan fingerprint density at radius 1 is 1.18 bits per heavy atom. The first kappa shape index (κ1) is 14.7. The van der Waals surface area contributed by atoms with Crippen LogP contribution in [0.4, 0.5) is 0 Å². The van der Waals surface area contributed by atoms with Crippen molar-refractivity contribution in [2.24, 2.45) is 11.8 Å². The van der Waals surface area contributed by atoms with Crippen LogP contribution in [0.15, 0.2) is 0 Å². The molecule has 0 aromatic heterocycles. The maximum Gasteiger partial charge on any atom is 0.233 e. The van der Waals surface area contributed by atoms with Crippen LogP contribution in [0.2, 0.25) is 0 Å². The van der Waals surface area contributed by atoms with E-state index in [9.17, 15) is 4.79 Å². The summed E-state index contributed by atoms with van der Waals surface area (Å²) in [6.45, 7) is 3.91. The normalized spacial score (nSPS) is 23.9. The maximum atomic E-state index is 11.5. The van der Waals surface area contributed by atoms with Gasteiger partial charge in [-0.3, -0.25) is 4.79 Å². The molecule has 17 heavy (non-hydrogen) atoms. The summed E-state index contributed by atoms with van der Waals surface area (Å²) in [6.07, 6.45) is 4.96. The minimum Gasteiger partial charge on any atom is -0.381 e. The third-order valence-electron chi connectivity index (χ3n) is 3.26. The van der Waals surface area contributed by atoms with Crippen molar-refractivity contribution < 1.29 is 9.53 Å². The first-order chi connectivity index (χ1) is 7.84. The van der Waals surface area contributed by atoms with Crippen LogP contribution >= 0.6 is 12.4 Å². The average molecular weight is 263 g/mol. The molecule has 1 aliphatic heterocycles. The zero-order valence-corrected chi connectivity index (χ0v) is 11.1. The molecule has 2 rings (SSSR count). The largest absolute Gasteiger partial charge is 0.381 e. The van der Waals surface area contributed by atoms with Crippen molar-refractivity contribution in [1.82, 2.24) is 10.6 Å². The van der Waals surface area contributed by atoms with Gasteiger partial charge in [0.15, 0.2) is 0 Å². The predicted molar refractivity (Wildman–Crippen MR) is 69.4 cm³/mol. The molecule has 0 radical (unpaired) electrons. The molecule has 1 amide bonds. The summed E-state index contributed by atoms with van der Waals surface area (Å²) in [7, 11) is 0. The van der Waals surface area contributed by atoms with E-state index in [4.69, 9.17) is 4.74 Å². The zero-order valence-electron chi connectivity index (χ0n) is 10.2. The fourth-order valence-electron chi connectivity index (χ4n) is 2.00. The number of hydrogen-bond acceptors (Lipinski definition) is 3. The molecular formula is C12H23ClN2O2. The Kier molecular flexibility index (Phi) is 6.85. The van der Waals surface area contributed by atoms with Gasteiger partial charge in [0.05, 0.1) is 13.2 Å². The van der Waals surface area contributed by atoms with Crippen molar-refractivity contribution in [3.63, 3.8) is 0 Å². The molecular weight excluding hydrogens is 240 g/mol. The van der Waals surface area contributed by atoms with Gasteiger partial charge in [0.25, 0.3) is 0 Å². The smallest absolute Gasteiger partial charge is 0.233 e. The Bertz CT molecular complexity index is 229. The highest BCUT2D eigenvalue weighted by atomic mass is 35.5. The quantitative estimate of drug-likeness (QED) is 0.750. The van der Waals surface area contributed by atoms with E-state index in [-0.39, 0.29) is 18.3 Å². The molecule has 0 aromatic carbocycles. The van der Waals surface area contributed by atoms with E-state index in [1.807, 2.05) is 0 Å². The molecule has 2 N–H and O–H groups in total. The molecule has 2 fully saturated rings. The summed E-state index contributed by atoms with van der Waals surface area (Å²) in [6, 6.07) is 0. The van der Waals surface area contributed by atoms with Crippen molar-refractivity contribution in [3.8, 4) is 0 Å². The van der Waals surface area contributed by atoms with Crippen LogP contribution in [0, 0.1) is 11.8 Å². The van der Waals surface area contributed by atoms with E-state index in [0.29, 0.717) is 12.5 Å². The summed E-state index contributed by atoms with van der Waals surface area (Å²) >= 11 is 0. The number of carbonyl (C=O) groups is 1. The lowest BCUT2D eigenvalue weighted by Crippen LogP contribution is -2.38. The monoisotopic (exact) mass is 262 g/mol. The Balaban J connectivity index is 0.00000144. The van der Waals surface area contributed by atoms with Gasteiger partial charge in [-0.1, -0.05) is 0 Å². The van der Waals surface area contributed by atoms with E-state index >= 15 is 0 Å². The summed E-state index contributed by atoms with van der Waals surface area (Å²) in [5.74, 6) is 1.46. The first-order valence-electron chi connectivity index (χ1n) is 6.40.